The van der Waals surface area contributed by atoms with Crippen molar-refractivity contribution in [3.05, 3.63) is 39.7 Å². The first-order valence-corrected chi connectivity index (χ1v) is 12.0. The fourth-order valence-corrected chi connectivity index (χ4v) is 3.75. The number of benzene rings is 1. The third-order valence-corrected chi connectivity index (χ3v) is 5.65. The Hall–Kier alpha value is -2.60. The highest BCUT2D eigenvalue weighted by molar-refractivity contribution is 7.87. The molecule has 0 aliphatic rings. The lowest BCUT2D eigenvalue weighted by molar-refractivity contribution is -0.385. The number of nitrogens with zero attached hydrogens (tertiary/aromatic N) is 3. The molecule has 10 nitrogen and oxygen atoms in total. The molecule has 1 N–H and O–H groups in total. The third kappa shape index (κ3) is 13.5. The van der Waals surface area contributed by atoms with Crippen molar-refractivity contribution < 1.29 is 28.4 Å². The van der Waals surface area contributed by atoms with Crippen molar-refractivity contribution in [3.8, 4) is 0 Å². The van der Waals surface area contributed by atoms with Crippen LogP contribution in [0, 0.1) is 15.9 Å². The number of methoxy groups -OCH3 is 1. The molecule has 0 saturated carbocycles. The van der Waals surface area contributed by atoms with E-state index in [1.807, 2.05) is 0 Å². The van der Waals surface area contributed by atoms with Crippen molar-refractivity contribution in [1.29, 1.82) is 0 Å². The highest BCUT2D eigenvalue weighted by Gasteiger charge is 2.17. The van der Waals surface area contributed by atoms with Gasteiger partial charge < -0.3 is 14.4 Å². The number of halogens is 1. The summed E-state index contributed by atoms with van der Waals surface area (Å²) in [6.07, 6.45) is -0.816. The number of esters is 1. The van der Waals surface area contributed by atoms with Gasteiger partial charge in [-0.25, -0.2) is 14.6 Å². The van der Waals surface area contributed by atoms with E-state index < -0.39 is 39.1 Å². The van der Waals surface area contributed by atoms with Crippen LogP contribution < -0.4 is 5.43 Å². The Bertz CT molecular complexity index is 820. The zero-order chi connectivity index (χ0) is 25.6. The van der Waals surface area contributed by atoms with E-state index in [0.717, 1.165) is 12.1 Å². The van der Waals surface area contributed by atoms with Crippen LogP contribution in [0.2, 0.25) is 0 Å². The molecular weight excluding hydrogens is 455 g/mol. The molecule has 1 amide bonds. The van der Waals surface area contributed by atoms with Crippen molar-refractivity contribution in [2.45, 2.75) is 52.9 Å². The number of hydrogen-bond acceptors (Lipinski definition) is 8. The lowest BCUT2D eigenvalue weighted by Gasteiger charge is -2.18. The smallest absolute Gasteiger partial charge is 0.428 e. The first-order valence-electron chi connectivity index (χ1n) is 10.5. The lowest BCUT2D eigenvalue weighted by atomic mass is 10.2. The van der Waals surface area contributed by atoms with Crippen LogP contribution in [0.5, 0.6) is 0 Å². The zero-order valence-corrected chi connectivity index (χ0v) is 21.2. The van der Waals surface area contributed by atoms with E-state index in [1.54, 1.807) is 20.8 Å². The van der Waals surface area contributed by atoms with Gasteiger partial charge in [-0.3, -0.25) is 14.9 Å². The van der Waals surface area contributed by atoms with Gasteiger partial charge in [-0.15, -0.1) is 4.47 Å². The second-order valence-electron chi connectivity index (χ2n) is 7.68. The molecule has 1 atom stereocenters. The maximum Gasteiger partial charge on any atom is 0.428 e. The van der Waals surface area contributed by atoms with Crippen LogP contribution in [-0.4, -0.2) is 60.0 Å². The van der Waals surface area contributed by atoms with Gasteiger partial charge in [0.1, 0.15) is 17.2 Å². The summed E-state index contributed by atoms with van der Waals surface area (Å²) >= 11 is 0. The number of rotatable bonds is 9. The lowest BCUT2D eigenvalue weighted by Crippen LogP contribution is -2.30. The number of nitro groups is 1. The average Bonchev–Trinajstić information content (AvgIpc) is 2.73. The molecule has 1 aromatic carbocycles. The first kappa shape index (κ1) is 30.4. The molecule has 0 aliphatic heterocycles. The third-order valence-electron chi connectivity index (χ3n) is 4.09. The first-order chi connectivity index (χ1) is 15.4. The summed E-state index contributed by atoms with van der Waals surface area (Å²) in [6.45, 7) is 15.1. The van der Waals surface area contributed by atoms with Crippen molar-refractivity contribution in [3.63, 3.8) is 0 Å². The standard InChI is InChI=1S/C15H20FN3O6S.C6H15N/c1-15(2,3)25-14(21)17-18-26(9-13(20)24-4)8-10-5-6-11(19(22)23)7-12(10)16;1-4-7(5-2)6-3/h5-7H,8-9H2,1-4H3,(H,17,21);4-6H2,1-3H3. The zero-order valence-electron chi connectivity index (χ0n) is 20.3. The van der Waals surface area contributed by atoms with Crippen LogP contribution in [0.4, 0.5) is 14.9 Å². The molecular formula is C21H35FN4O6S. The number of carbonyl (C=O) groups is 2. The van der Waals surface area contributed by atoms with Gasteiger partial charge >= 0.3 is 12.1 Å². The Morgan fingerprint density at radius 1 is 1.21 bits per heavy atom. The Labute approximate surface area is 197 Å². The quantitative estimate of drug-likeness (QED) is 0.315. The van der Waals surface area contributed by atoms with E-state index in [2.05, 4.69) is 40.3 Å². The van der Waals surface area contributed by atoms with E-state index in [1.165, 1.54) is 32.8 Å². The number of nitro benzene ring substituents is 1. The number of carbonyl (C=O) groups excluding carboxylic acids is 2. The van der Waals surface area contributed by atoms with Gasteiger partial charge in [-0.2, -0.15) is 0 Å². The molecule has 1 unspecified atom stereocenters. The Morgan fingerprint density at radius 3 is 2.18 bits per heavy atom. The van der Waals surface area contributed by atoms with Gasteiger partial charge in [0.05, 0.1) is 18.1 Å². The van der Waals surface area contributed by atoms with E-state index in [4.69, 9.17) is 4.74 Å². The summed E-state index contributed by atoms with van der Waals surface area (Å²) in [6, 6.07) is 3.18. The maximum atomic E-state index is 14.0. The van der Waals surface area contributed by atoms with Crippen LogP contribution in [0.3, 0.4) is 0 Å². The normalized spacial score (nSPS) is 11.9. The Kier molecular flexibility index (Phi) is 14.1. The molecule has 0 heterocycles. The molecule has 0 aromatic heterocycles. The molecule has 0 aliphatic carbocycles. The van der Waals surface area contributed by atoms with E-state index in [-0.39, 0.29) is 22.8 Å². The van der Waals surface area contributed by atoms with Crippen molar-refractivity contribution in [2.24, 2.45) is 4.47 Å². The van der Waals surface area contributed by atoms with Gasteiger partial charge in [-0.1, -0.05) is 31.5 Å². The van der Waals surface area contributed by atoms with Gasteiger partial charge in [0.25, 0.3) is 5.69 Å². The van der Waals surface area contributed by atoms with Gasteiger partial charge in [-0.05, 0) is 52.0 Å². The molecule has 0 saturated heterocycles. The van der Waals surface area contributed by atoms with E-state index >= 15 is 0 Å². The maximum absolute atomic E-state index is 14.0. The largest absolute Gasteiger partial charge is 0.468 e. The molecule has 188 valence electrons. The summed E-state index contributed by atoms with van der Waals surface area (Å²) in [5.74, 6) is -1.63. The van der Waals surface area contributed by atoms with Crippen molar-refractivity contribution >= 4 is 28.4 Å². The molecule has 0 spiro atoms. The van der Waals surface area contributed by atoms with Gasteiger partial charge in [0.2, 0.25) is 0 Å². The summed E-state index contributed by atoms with van der Waals surface area (Å²) in [5, 5.41) is 10.7. The molecule has 0 bridgehead atoms. The number of amides is 1. The molecule has 0 fully saturated rings. The van der Waals surface area contributed by atoms with Crippen LogP contribution in [0.1, 0.15) is 47.1 Å². The molecule has 33 heavy (non-hydrogen) atoms. The Morgan fingerprint density at radius 2 is 1.79 bits per heavy atom. The fraction of sp³-hybridized carbons (Fsp3) is 0.619. The molecule has 1 aromatic rings. The Balaban J connectivity index is 0.00000126. The highest BCUT2D eigenvalue weighted by Crippen LogP contribution is 2.18. The summed E-state index contributed by atoms with van der Waals surface area (Å²) in [4.78, 5) is 35.5. The predicted molar refractivity (Wildman–Crippen MR) is 126 cm³/mol. The number of ether oxygens (including phenoxy) is 2. The van der Waals surface area contributed by atoms with Crippen LogP contribution in [0.15, 0.2) is 22.7 Å². The highest BCUT2D eigenvalue weighted by atomic mass is 32.2. The SMILES string of the molecule is CCN(CC)CC.COC(=O)CS(Cc1ccc([N+](=O)[O-])cc1F)=NNC(=O)OC(C)(C)C. The second kappa shape index (κ2) is 15.3. The monoisotopic (exact) mass is 490 g/mol. The summed E-state index contributed by atoms with van der Waals surface area (Å²) in [5.41, 5.74) is 1.18. The number of hydrogen-bond donors (Lipinski definition) is 1. The minimum atomic E-state index is -1.15. The molecule has 1 rings (SSSR count). The molecule has 12 heteroatoms. The average molecular weight is 491 g/mol. The van der Waals surface area contributed by atoms with Crippen LogP contribution in [-0.2, 0) is 30.7 Å². The van der Waals surface area contributed by atoms with Gasteiger partial charge in [0, 0.05) is 11.8 Å². The topological polar surface area (TPSA) is 123 Å². The van der Waals surface area contributed by atoms with Crippen LogP contribution >= 0.6 is 0 Å². The number of nitrogens with one attached hydrogen (secondary N) is 1. The van der Waals surface area contributed by atoms with Crippen LogP contribution in [0.25, 0.3) is 0 Å². The second-order valence-corrected chi connectivity index (χ2v) is 9.37. The fourth-order valence-electron chi connectivity index (χ4n) is 2.33. The van der Waals surface area contributed by atoms with E-state index in [9.17, 15) is 24.1 Å². The van der Waals surface area contributed by atoms with Gasteiger partial charge in [0.15, 0.2) is 0 Å². The minimum Gasteiger partial charge on any atom is -0.468 e. The van der Waals surface area contributed by atoms with Crippen molar-refractivity contribution in [1.82, 2.24) is 10.3 Å². The minimum absolute atomic E-state index is 0.0469. The predicted octanol–water partition coefficient (Wildman–Crippen LogP) is 4.00. The van der Waals surface area contributed by atoms with Crippen molar-refractivity contribution in [2.75, 3.05) is 32.5 Å². The number of non-ortho nitro benzene ring substituents is 1. The van der Waals surface area contributed by atoms with E-state index in [0.29, 0.717) is 0 Å². The summed E-state index contributed by atoms with van der Waals surface area (Å²) < 4.78 is 27.5. The molecule has 0 radical (unpaired) electrons. The summed E-state index contributed by atoms with van der Waals surface area (Å²) in [7, 11) is 0.0388.